The van der Waals surface area contributed by atoms with Crippen LogP contribution in [-0.2, 0) is 16.6 Å². The lowest BCUT2D eigenvalue weighted by Crippen LogP contribution is -2.14. The van der Waals surface area contributed by atoms with E-state index in [1.807, 2.05) is 6.07 Å². The van der Waals surface area contributed by atoms with Crippen LogP contribution in [0.25, 0.3) is 0 Å². The highest BCUT2D eigenvalue weighted by Crippen LogP contribution is 2.27. The topological polar surface area (TPSA) is 39.9 Å². The highest BCUT2D eigenvalue weighted by Gasteiger charge is 2.20. The van der Waals surface area contributed by atoms with Gasteiger partial charge in [0.2, 0.25) is 0 Å². The number of benzene rings is 1. The zero-order chi connectivity index (χ0) is 14.4. The zero-order valence-corrected chi connectivity index (χ0v) is 13.5. The zero-order valence-electron chi connectivity index (χ0n) is 11.9. The Labute approximate surface area is 128 Å². The van der Waals surface area contributed by atoms with Crippen LogP contribution in [0.1, 0.15) is 36.5 Å². The van der Waals surface area contributed by atoms with E-state index in [1.54, 1.807) is 7.11 Å². The molecule has 0 saturated carbocycles. The summed E-state index contributed by atoms with van der Waals surface area (Å²) in [6.07, 6.45) is 0.997. The SMILES string of the molecule is CCC(c1ccccc1)c1nnc(CBr)n1CCOC. The molecule has 0 fully saturated rings. The van der Waals surface area contributed by atoms with Crippen LogP contribution in [0, 0.1) is 0 Å². The van der Waals surface area contributed by atoms with Gasteiger partial charge in [-0.25, -0.2) is 0 Å². The van der Waals surface area contributed by atoms with Crippen molar-refractivity contribution in [2.75, 3.05) is 13.7 Å². The van der Waals surface area contributed by atoms with Gasteiger partial charge in [0.25, 0.3) is 0 Å². The summed E-state index contributed by atoms with van der Waals surface area (Å²) in [6, 6.07) is 10.5. The summed E-state index contributed by atoms with van der Waals surface area (Å²) >= 11 is 3.48. The summed E-state index contributed by atoms with van der Waals surface area (Å²) in [5, 5.41) is 9.41. The minimum Gasteiger partial charge on any atom is -0.383 e. The highest BCUT2D eigenvalue weighted by molar-refractivity contribution is 9.08. The second-order valence-electron chi connectivity index (χ2n) is 4.62. The molecule has 1 heterocycles. The third-order valence-corrected chi connectivity index (χ3v) is 3.92. The summed E-state index contributed by atoms with van der Waals surface area (Å²) in [7, 11) is 1.71. The lowest BCUT2D eigenvalue weighted by Gasteiger charge is -2.17. The van der Waals surface area contributed by atoms with Gasteiger partial charge < -0.3 is 9.30 Å². The van der Waals surface area contributed by atoms with Crippen molar-refractivity contribution in [3.63, 3.8) is 0 Å². The summed E-state index contributed by atoms with van der Waals surface area (Å²) in [4.78, 5) is 0. The number of nitrogens with zero attached hydrogens (tertiary/aromatic N) is 3. The Balaban J connectivity index is 2.36. The molecule has 2 rings (SSSR count). The quantitative estimate of drug-likeness (QED) is 0.727. The van der Waals surface area contributed by atoms with E-state index in [-0.39, 0.29) is 5.92 Å². The average Bonchev–Trinajstić information content (AvgIpc) is 2.90. The first kappa shape index (κ1) is 15.2. The maximum Gasteiger partial charge on any atom is 0.143 e. The predicted octanol–water partition coefficient (Wildman–Crippen LogP) is 3.36. The fraction of sp³-hybridized carbons (Fsp3) is 0.467. The maximum absolute atomic E-state index is 5.20. The largest absolute Gasteiger partial charge is 0.383 e. The Morgan fingerprint density at radius 2 is 2.00 bits per heavy atom. The van der Waals surface area contributed by atoms with Gasteiger partial charge >= 0.3 is 0 Å². The summed E-state index contributed by atoms with van der Waals surface area (Å²) in [6.45, 7) is 3.63. The fourth-order valence-electron chi connectivity index (χ4n) is 2.38. The Kier molecular flexibility index (Phi) is 5.73. The summed E-state index contributed by atoms with van der Waals surface area (Å²) in [5.41, 5.74) is 1.28. The smallest absolute Gasteiger partial charge is 0.143 e. The van der Waals surface area contributed by atoms with Crippen molar-refractivity contribution in [2.24, 2.45) is 0 Å². The first-order chi connectivity index (χ1) is 9.81. The lowest BCUT2D eigenvalue weighted by atomic mass is 9.95. The number of alkyl halides is 1. The monoisotopic (exact) mass is 337 g/mol. The molecule has 0 N–H and O–H groups in total. The van der Waals surface area contributed by atoms with Crippen molar-refractivity contribution >= 4 is 15.9 Å². The molecular formula is C15H20BrN3O. The van der Waals surface area contributed by atoms with Gasteiger partial charge in [0.05, 0.1) is 11.9 Å². The van der Waals surface area contributed by atoms with E-state index < -0.39 is 0 Å². The van der Waals surface area contributed by atoms with Gasteiger partial charge in [0, 0.05) is 19.6 Å². The molecule has 108 valence electrons. The van der Waals surface area contributed by atoms with Gasteiger partial charge in [0.15, 0.2) is 0 Å². The molecule has 1 aromatic heterocycles. The number of methoxy groups -OCH3 is 1. The summed E-state index contributed by atoms with van der Waals surface area (Å²) < 4.78 is 7.36. The Morgan fingerprint density at radius 3 is 2.60 bits per heavy atom. The Hall–Kier alpha value is -1.20. The first-order valence-electron chi connectivity index (χ1n) is 6.83. The number of halogens is 1. The molecule has 0 spiro atoms. The standard InChI is InChI=1S/C15H20BrN3O/c1-3-13(12-7-5-4-6-8-12)15-18-17-14(11-16)19(15)9-10-20-2/h4-8,13H,3,9-11H2,1-2H3. The van der Waals surface area contributed by atoms with Crippen LogP contribution >= 0.6 is 15.9 Å². The van der Waals surface area contributed by atoms with Gasteiger partial charge in [-0.05, 0) is 12.0 Å². The van der Waals surface area contributed by atoms with Gasteiger partial charge in [-0.1, -0.05) is 53.2 Å². The molecular weight excluding hydrogens is 318 g/mol. The van der Waals surface area contributed by atoms with Crippen LogP contribution in [0.3, 0.4) is 0 Å². The molecule has 1 unspecified atom stereocenters. The molecule has 20 heavy (non-hydrogen) atoms. The van der Waals surface area contributed by atoms with Gasteiger partial charge in [-0.15, -0.1) is 10.2 Å². The van der Waals surface area contributed by atoms with Gasteiger partial charge in [-0.2, -0.15) is 0 Å². The maximum atomic E-state index is 5.20. The van der Waals surface area contributed by atoms with E-state index in [4.69, 9.17) is 4.74 Å². The number of hydrogen-bond acceptors (Lipinski definition) is 3. The first-order valence-corrected chi connectivity index (χ1v) is 7.95. The number of rotatable bonds is 7. The fourth-order valence-corrected chi connectivity index (χ4v) is 2.80. The third-order valence-electron chi connectivity index (χ3n) is 3.42. The molecule has 4 nitrogen and oxygen atoms in total. The Morgan fingerprint density at radius 1 is 1.25 bits per heavy atom. The van der Waals surface area contributed by atoms with E-state index in [9.17, 15) is 0 Å². The van der Waals surface area contributed by atoms with Crippen LogP contribution in [-0.4, -0.2) is 28.5 Å². The Bertz CT molecular complexity index is 527. The van der Waals surface area contributed by atoms with Gasteiger partial charge in [0.1, 0.15) is 11.6 Å². The van der Waals surface area contributed by atoms with E-state index in [2.05, 4.69) is 61.9 Å². The molecule has 0 aliphatic carbocycles. The molecule has 1 aromatic carbocycles. The molecule has 0 bridgehead atoms. The van der Waals surface area contributed by atoms with Crippen LogP contribution in [0.5, 0.6) is 0 Å². The van der Waals surface area contributed by atoms with Gasteiger partial charge in [-0.3, -0.25) is 0 Å². The van der Waals surface area contributed by atoms with E-state index >= 15 is 0 Å². The van der Waals surface area contributed by atoms with Crippen LogP contribution < -0.4 is 0 Å². The number of ether oxygens (including phenoxy) is 1. The van der Waals surface area contributed by atoms with Crippen molar-refractivity contribution < 1.29 is 4.74 Å². The second-order valence-corrected chi connectivity index (χ2v) is 5.18. The van der Waals surface area contributed by atoms with E-state index in [0.717, 1.165) is 24.6 Å². The van der Waals surface area contributed by atoms with Crippen molar-refractivity contribution in [1.82, 2.24) is 14.8 Å². The van der Waals surface area contributed by atoms with Crippen LogP contribution in [0.2, 0.25) is 0 Å². The molecule has 0 saturated heterocycles. The van der Waals surface area contributed by atoms with Crippen molar-refractivity contribution in [3.05, 3.63) is 47.5 Å². The molecule has 0 amide bonds. The lowest BCUT2D eigenvalue weighted by molar-refractivity contribution is 0.185. The average molecular weight is 338 g/mol. The normalized spacial score (nSPS) is 12.6. The molecule has 0 radical (unpaired) electrons. The highest BCUT2D eigenvalue weighted by atomic mass is 79.9. The van der Waals surface area contributed by atoms with Crippen LogP contribution in [0.4, 0.5) is 0 Å². The third kappa shape index (κ3) is 3.27. The molecule has 5 heteroatoms. The number of aromatic nitrogens is 3. The molecule has 0 aliphatic rings. The van der Waals surface area contributed by atoms with Crippen molar-refractivity contribution in [3.8, 4) is 0 Å². The second kappa shape index (κ2) is 7.55. The predicted molar refractivity (Wildman–Crippen MR) is 83.1 cm³/mol. The van der Waals surface area contributed by atoms with Crippen molar-refractivity contribution in [1.29, 1.82) is 0 Å². The van der Waals surface area contributed by atoms with E-state index in [1.165, 1.54) is 5.56 Å². The molecule has 1 atom stereocenters. The minimum atomic E-state index is 0.272. The summed E-state index contributed by atoms with van der Waals surface area (Å²) in [5.74, 6) is 2.24. The van der Waals surface area contributed by atoms with Crippen LogP contribution in [0.15, 0.2) is 30.3 Å². The number of hydrogen-bond donors (Lipinski definition) is 0. The molecule has 0 aliphatic heterocycles. The molecule has 2 aromatic rings. The minimum absolute atomic E-state index is 0.272. The van der Waals surface area contributed by atoms with Crippen molar-refractivity contribution in [2.45, 2.75) is 31.1 Å². The van der Waals surface area contributed by atoms with E-state index in [0.29, 0.717) is 11.9 Å².